The lowest BCUT2D eigenvalue weighted by Crippen LogP contribution is -2.42. The summed E-state index contributed by atoms with van der Waals surface area (Å²) in [4.78, 5) is 28.3. The van der Waals surface area contributed by atoms with Crippen LogP contribution in [0.3, 0.4) is 0 Å². The SMILES string of the molecule is Cc1nc(CCC(=O)N[C@H]2CCCCC[C@H]2C(=O)O)oc1-c1ccccc1. The minimum absolute atomic E-state index is 0.148. The summed E-state index contributed by atoms with van der Waals surface area (Å²) in [6.45, 7) is 1.89. The standard InChI is InChI=1S/C21H26N2O4/c1-14-20(15-8-4-2-5-9-15)27-19(22-14)13-12-18(24)23-17-11-7-3-6-10-16(17)21(25)26/h2,4-5,8-9,16-17H,3,6-7,10-13H2,1H3,(H,23,24)(H,25,26)/t16-,17+/m1/s1. The molecule has 1 aromatic heterocycles. The number of nitrogens with zero attached hydrogens (tertiary/aromatic N) is 1. The maximum Gasteiger partial charge on any atom is 0.308 e. The Balaban J connectivity index is 1.58. The van der Waals surface area contributed by atoms with Crippen molar-refractivity contribution in [2.45, 2.75) is 57.9 Å². The van der Waals surface area contributed by atoms with Crippen molar-refractivity contribution in [2.75, 3.05) is 0 Å². The third-order valence-corrected chi connectivity index (χ3v) is 5.12. The number of aliphatic carboxylic acids is 1. The van der Waals surface area contributed by atoms with Crippen LogP contribution in [0.4, 0.5) is 0 Å². The van der Waals surface area contributed by atoms with Gasteiger partial charge in [-0.05, 0) is 19.8 Å². The molecule has 0 bridgehead atoms. The quantitative estimate of drug-likeness (QED) is 0.756. The summed E-state index contributed by atoms with van der Waals surface area (Å²) in [6.07, 6.45) is 4.85. The molecule has 2 N–H and O–H groups in total. The van der Waals surface area contributed by atoms with Gasteiger partial charge in [-0.15, -0.1) is 0 Å². The molecule has 0 saturated heterocycles. The van der Waals surface area contributed by atoms with Crippen molar-refractivity contribution in [3.05, 3.63) is 41.9 Å². The maximum atomic E-state index is 12.4. The minimum Gasteiger partial charge on any atom is -0.481 e. The largest absolute Gasteiger partial charge is 0.481 e. The number of amides is 1. The Hall–Kier alpha value is -2.63. The summed E-state index contributed by atoms with van der Waals surface area (Å²) < 4.78 is 5.83. The first-order chi connectivity index (χ1) is 13.0. The molecule has 6 heteroatoms. The molecule has 0 radical (unpaired) electrons. The number of nitrogens with one attached hydrogen (secondary N) is 1. The molecule has 1 aliphatic carbocycles. The molecule has 144 valence electrons. The second-order valence-corrected chi connectivity index (χ2v) is 7.14. The van der Waals surface area contributed by atoms with Gasteiger partial charge in [0.25, 0.3) is 0 Å². The van der Waals surface area contributed by atoms with E-state index in [9.17, 15) is 14.7 Å². The number of carbonyl (C=O) groups is 2. The number of oxazole rings is 1. The molecule has 3 rings (SSSR count). The van der Waals surface area contributed by atoms with Crippen LogP contribution in [-0.4, -0.2) is 28.0 Å². The lowest BCUT2D eigenvalue weighted by molar-refractivity contribution is -0.143. The van der Waals surface area contributed by atoms with E-state index in [1.165, 1.54) is 0 Å². The average Bonchev–Trinajstić information content (AvgIpc) is 2.87. The highest BCUT2D eigenvalue weighted by Gasteiger charge is 2.30. The van der Waals surface area contributed by atoms with Crippen LogP contribution in [0.15, 0.2) is 34.7 Å². The van der Waals surface area contributed by atoms with Gasteiger partial charge in [0.05, 0.1) is 11.6 Å². The van der Waals surface area contributed by atoms with Crippen molar-refractivity contribution >= 4 is 11.9 Å². The Bertz CT molecular complexity index is 785. The molecule has 1 fully saturated rings. The Labute approximate surface area is 159 Å². The number of rotatable bonds is 6. The fourth-order valence-electron chi connectivity index (χ4n) is 3.69. The normalized spacial score (nSPS) is 20.0. The van der Waals surface area contributed by atoms with Crippen LogP contribution in [0, 0.1) is 12.8 Å². The molecule has 1 aromatic carbocycles. The van der Waals surface area contributed by atoms with Gasteiger partial charge in [-0.3, -0.25) is 9.59 Å². The van der Waals surface area contributed by atoms with E-state index in [4.69, 9.17) is 4.42 Å². The number of hydrogen-bond donors (Lipinski definition) is 2. The lowest BCUT2D eigenvalue weighted by atomic mass is 9.94. The second kappa shape index (κ2) is 8.84. The molecule has 2 aromatic rings. The number of carboxylic acid groups (broad SMARTS) is 1. The van der Waals surface area contributed by atoms with Crippen molar-refractivity contribution in [2.24, 2.45) is 5.92 Å². The topological polar surface area (TPSA) is 92.4 Å². The van der Waals surface area contributed by atoms with E-state index < -0.39 is 11.9 Å². The lowest BCUT2D eigenvalue weighted by Gasteiger charge is -2.22. The highest BCUT2D eigenvalue weighted by Crippen LogP contribution is 2.25. The van der Waals surface area contributed by atoms with Crippen molar-refractivity contribution in [1.82, 2.24) is 10.3 Å². The number of carbonyl (C=O) groups excluding carboxylic acids is 1. The predicted molar refractivity (Wildman–Crippen MR) is 101 cm³/mol. The van der Waals surface area contributed by atoms with Crippen LogP contribution in [-0.2, 0) is 16.0 Å². The Morgan fingerprint density at radius 1 is 1.19 bits per heavy atom. The van der Waals surface area contributed by atoms with Gasteiger partial charge in [0.2, 0.25) is 5.91 Å². The monoisotopic (exact) mass is 370 g/mol. The van der Waals surface area contributed by atoms with E-state index in [2.05, 4.69) is 10.3 Å². The van der Waals surface area contributed by atoms with Gasteiger partial charge in [-0.1, -0.05) is 49.6 Å². The number of benzene rings is 1. The molecule has 1 heterocycles. The van der Waals surface area contributed by atoms with Crippen molar-refractivity contribution in [1.29, 1.82) is 0 Å². The first kappa shape index (κ1) is 19.1. The first-order valence-corrected chi connectivity index (χ1v) is 9.58. The highest BCUT2D eigenvalue weighted by atomic mass is 16.4. The Kier molecular flexibility index (Phi) is 6.27. The number of carboxylic acids is 1. The smallest absolute Gasteiger partial charge is 0.308 e. The summed E-state index contributed by atoms with van der Waals surface area (Å²) in [5.74, 6) is -0.216. The summed E-state index contributed by atoms with van der Waals surface area (Å²) in [5, 5.41) is 12.3. The van der Waals surface area contributed by atoms with Crippen LogP contribution < -0.4 is 5.32 Å². The third kappa shape index (κ3) is 4.96. The average molecular weight is 370 g/mol. The second-order valence-electron chi connectivity index (χ2n) is 7.14. The zero-order valence-electron chi connectivity index (χ0n) is 15.6. The summed E-state index contributed by atoms with van der Waals surface area (Å²) >= 11 is 0. The maximum absolute atomic E-state index is 12.4. The Morgan fingerprint density at radius 3 is 2.67 bits per heavy atom. The molecule has 0 unspecified atom stereocenters. The van der Waals surface area contributed by atoms with Crippen LogP contribution in [0.1, 0.15) is 50.1 Å². The molecule has 0 spiro atoms. The van der Waals surface area contributed by atoms with E-state index in [-0.39, 0.29) is 18.4 Å². The van der Waals surface area contributed by atoms with Crippen LogP contribution in [0.25, 0.3) is 11.3 Å². The highest BCUT2D eigenvalue weighted by molar-refractivity contribution is 5.78. The van der Waals surface area contributed by atoms with Gasteiger partial charge in [-0.25, -0.2) is 4.98 Å². The first-order valence-electron chi connectivity index (χ1n) is 9.58. The molecule has 2 atom stereocenters. The van der Waals surface area contributed by atoms with Gasteiger partial charge in [0.15, 0.2) is 11.7 Å². The van der Waals surface area contributed by atoms with Gasteiger partial charge >= 0.3 is 5.97 Å². The fourth-order valence-corrected chi connectivity index (χ4v) is 3.69. The predicted octanol–water partition coefficient (Wildman–Crippen LogP) is 3.73. The van der Waals surface area contributed by atoms with Gasteiger partial charge in [0.1, 0.15) is 0 Å². The molecule has 6 nitrogen and oxygen atoms in total. The minimum atomic E-state index is -0.821. The zero-order valence-corrected chi connectivity index (χ0v) is 15.6. The molecule has 1 amide bonds. The summed E-state index contributed by atoms with van der Waals surface area (Å²) in [7, 11) is 0. The van der Waals surface area contributed by atoms with Crippen LogP contribution >= 0.6 is 0 Å². The van der Waals surface area contributed by atoms with Gasteiger partial charge in [0, 0.05) is 24.4 Å². The molecule has 0 aliphatic heterocycles. The van der Waals surface area contributed by atoms with Gasteiger partial charge in [-0.2, -0.15) is 0 Å². The molecular formula is C21H26N2O4. The summed E-state index contributed by atoms with van der Waals surface area (Å²) in [6, 6.07) is 9.46. The van der Waals surface area contributed by atoms with E-state index in [1.54, 1.807) is 0 Å². The number of aryl methyl sites for hydroxylation is 2. The van der Waals surface area contributed by atoms with Crippen molar-refractivity contribution in [3.63, 3.8) is 0 Å². The van der Waals surface area contributed by atoms with E-state index >= 15 is 0 Å². The number of hydrogen-bond acceptors (Lipinski definition) is 4. The number of aromatic nitrogens is 1. The van der Waals surface area contributed by atoms with Crippen LogP contribution in [0.2, 0.25) is 0 Å². The molecule has 27 heavy (non-hydrogen) atoms. The van der Waals surface area contributed by atoms with E-state index in [0.717, 1.165) is 42.7 Å². The van der Waals surface area contributed by atoms with Gasteiger partial charge < -0.3 is 14.8 Å². The van der Waals surface area contributed by atoms with E-state index in [1.807, 2.05) is 37.3 Å². The molecular weight excluding hydrogens is 344 g/mol. The van der Waals surface area contributed by atoms with Crippen LogP contribution in [0.5, 0.6) is 0 Å². The summed E-state index contributed by atoms with van der Waals surface area (Å²) in [5.41, 5.74) is 1.76. The molecule has 1 saturated carbocycles. The third-order valence-electron chi connectivity index (χ3n) is 5.12. The Morgan fingerprint density at radius 2 is 1.93 bits per heavy atom. The van der Waals surface area contributed by atoms with E-state index in [0.29, 0.717) is 18.7 Å². The fraction of sp³-hybridized carbons (Fsp3) is 0.476. The molecule has 1 aliphatic rings. The van der Waals surface area contributed by atoms with Crippen molar-refractivity contribution in [3.8, 4) is 11.3 Å². The zero-order chi connectivity index (χ0) is 19.2. The van der Waals surface area contributed by atoms with Crippen molar-refractivity contribution < 1.29 is 19.1 Å².